The lowest BCUT2D eigenvalue weighted by Crippen LogP contribution is -2.15. The van der Waals surface area contributed by atoms with Crippen molar-refractivity contribution >= 4 is 23.8 Å². The first-order chi connectivity index (χ1) is 16.5. The number of aromatic nitrogens is 3. The number of hydrogen-bond donors (Lipinski definition) is 2. The highest BCUT2D eigenvalue weighted by molar-refractivity contribution is 7.71. The van der Waals surface area contributed by atoms with Gasteiger partial charge in [-0.3, -0.25) is 14.5 Å². The third-order valence-corrected chi connectivity index (χ3v) is 5.42. The van der Waals surface area contributed by atoms with Crippen LogP contribution < -0.4 is 14.8 Å². The molecule has 0 bridgehead atoms. The first-order valence-corrected chi connectivity index (χ1v) is 11.5. The molecular formula is C26H26N4O3S. The molecule has 0 saturated heterocycles. The second-order valence-electron chi connectivity index (χ2n) is 7.70. The van der Waals surface area contributed by atoms with Gasteiger partial charge < -0.3 is 14.8 Å². The van der Waals surface area contributed by atoms with Crippen molar-refractivity contribution in [2.24, 2.45) is 0 Å². The predicted molar refractivity (Wildman–Crippen MR) is 135 cm³/mol. The second kappa shape index (κ2) is 10.8. The quantitative estimate of drug-likeness (QED) is 0.285. The maximum absolute atomic E-state index is 12.6. The van der Waals surface area contributed by atoms with E-state index in [2.05, 4.69) is 15.5 Å². The van der Waals surface area contributed by atoms with Gasteiger partial charge in [0.25, 0.3) is 0 Å². The van der Waals surface area contributed by atoms with Crippen molar-refractivity contribution in [3.8, 4) is 28.6 Å². The molecule has 0 unspecified atom stereocenters. The molecule has 0 spiro atoms. The number of rotatable bonds is 9. The van der Waals surface area contributed by atoms with Crippen LogP contribution in [-0.4, -0.2) is 27.3 Å². The third-order valence-electron chi connectivity index (χ3n) is 5.11. The van der Waals surface area contributed by atoms with E-state index in [-0.39, 0.29) is 12.3 Å². The highest BCUT2D eigenvalue weighted by Crippen LogP contribution is 2.24. The molecule has 7 nitrogen and oxygen atoms in total. The fraction of sp³-hybridized carbons (Fsp3) is 0.192. The molecule has 0 saturated carbocycles. The zero-order chi connectivity index (χ0) is 23.9. The highest BCUT2D eigenvalue weighted by Gasteiger charge is 2.11. The van der Waals surface area contributed by atoms with Crippen LogP contribution in [-0.2, 0) is 11.3 Å². The molecule has 4 aromatic rings. The molecule has 0 aliphatic rings. The minimum atomic E-state index is -0.118. The summed E-state index contributed by atoms with van der Waals surface area (Å²) >= 11 is 5.37. The van der Waals surface area contributed by atoms with Crippen LogP contribution in [0.3, 0.4) is 0 Å². The van der Waals surface area contributed by atoms with E-state index in [1.807, 2.05) is 91.2 Å². The first kappa shape index (κ1) is 23.3. The molecule has 3 aromatic carbocycles. The summed E-state index contributed by atoms with van der Waals surface area (Å²) < 4.78 is 13.6. The van der Waals surface area contributed by atoms with E-state index in [1.54, 1.807) is 0 Å². The summed E-state index contributed by atoms with van der Waals surface area (Å²) in [6, 6.07) is 22.8. The summed E-state index contributed by atoms with van der Waals surface area (Å²) in [5.74, 6) is 2.83. The number of ether oxygens (including phenoxy) is 2. The van der Waals surface area contributed by atoms with Crippen LogP contribution in [0.1, 0.15) is 18.9 Å². The van der Waals surface area contributed by atoms with Crippen LogP contribution in [0.4, 0.5) is 5.69 Å². The number of amides is 1. The largest absolute Gasteiger partial charge is 0.494 e. The van der Waals surface area contributed by atoms with Crippen molar-refractivity contribution in [2.75, 3.05) is 11.9 Å². The van der Waals surface area contributed by atoms with Crippen molar-refractivity contribution in [3.63, 3.8) is 0 Å². The molecule has 1 aromatic heterocycles. The SMILES string of the molecule is CCOc1ccc(-c2n[nH]c(=S)n2CCC(=O)Nc2ccc(Oc3cccc(C)c3)cc2)cc1. The average Bonchev–Trinajstić information content (AvgIpc) is 3.20. The fourth-order valence-electron chi connectivity index (χ4n) is 3.47. The third kappa shape index (κ3) is 5.90. The smallest absolute Gasteiger partial charge is 0.226 e. The van der Waals surface area contributed by atoms with Gasteiger partial charge in [-0.05, 0) is 92.3 Å². The summed E-state index contributed by atoms with van der Waals surface area (Å²) in [7, 11) is 0. The van der Waals surface area contributed by atoms with Gasteiger partial charge in [-0.25, -0.2) is 0 Å². The normalized spacial score (nSPS) is 10.6. The van der Waals surface area contributed by atoms with E-state index in [4.69, 9.17) is 21.7 Å². The van der Waals surface area contributed by atoms with Gasteiger partial charge in [-0.15, -0.1) is 0 Å². The minimum absolute atomic E-state index is 0.118. The number of nitrogens with one attached hydrogen (secondary N) is 2. The van der Waals surface area contributed by atoms with Gasteiger partial charge >= 0.3 is 0 Å². The number of nitrogens with zero attached hydrogens (tertiary/aromatic N) is 2. The Hall–Kier alpha value is -3.91. The van der Waals surface area contributed by atoms with Crippen LogP contribution in [0.25, 0.3) is 11.4 Å². The van der Waals surface area contributed by atoms with Crippen molar-refractivity contribution in [1.29, 1.82) is 0 Å². The van der Waals surface area contributed by atoms with E-state index < -0.39 is 0 Å². The van der Waals surface area contributed by atoms with Gasteiger partial charge in [0.05, 0.1) is 6.61 Å². The topological polar surface area (TPSA) is 81.2 Å². The standard InChI is InChI=1S/C26H26N4O3S/c1-3-32-21-11-7-19(8-12-21)25-28-29-26(34)30(25)16-15-24(31)27-20-9-13-22(14-10-20)33-23-6-4-5-18(2)17-23/h4-14,17H,3,15-16H2,1-2H3,(H,27,31)(H,29,34). The number of benzene rings is 3. The lowest BCUT2D eigenvalue weighted by Gasteiger charge is -2.10. The maximum atomic E-state index is 12.6. The number of carbonyl (C=O) groups is 1. The summed E-state index contributed by atoms with van der Waals surface area (Å²) in [4.78, 5) is 12.6. The Morgan fingerprint density at radius 2 is 1.76 bits per heavy atom. The number of aromatic amines is 1. The minimum Gasteiger partial charge on any atom is -0.494 e. The lowest BCUT2D eigenvalue weighted by molar-refractivity contribution is -0.116. The molecule has 0 radical (unpaired) electrons. The predicted octanol–water partition coefficient (Wildman–Crippen LogP) is 6.14. The monoisotopic (exact) mass is 474 g/mol. The molecule has 0 aliphatic carbocycles. The molecule has 2 N–H and O–H groups in total. The van der Waals surface area contributed by atoms with Crippen LogP contribution >= 0.6 is 12.2 Å². The zero-order valence-electron chi connectivity index (χ0n) is 19.1. The molecule has 4 rings (SSSR count). The maximum Gasteiger partial charge on any atom is 0.226 e. The van der Waals surface area contributed by atoms with Crippen molar-refractivity contribution in [3.05, 3.63) is 83.1 Å². The summed E-state index contributed by atoms with van der Waals surface area (Å²) in [6.07, 6.45) is 0.249. The molecule has 34 heavy (non-hydrogen) atoms. The van der Waals surface area contributed by atoms with Crippen LogP contribution in [0.15, 0.2) is 72.8 Å². The molecule has 1 heterocycles. The Morgan fingerprint density at radius 3 is 2.47 bits per heavy atom. The number of H-pyrrole nitrogens is 1. The van der Waals surface area contributed by atoms with E-state index in [0.717, 1.165) is 22.6 Å². The van der Waals surface area contributed by atoms with Gasteiger partial charge in [-0.1, -0.05) is 12.1 Å². The van der Waals surface area contributed by atoms with E-state index in [0.29, 0.717) is 35.2 Å². The van der Waals surface area contributed by atoms with Gasteiger partial charge in [0.15, 0.2) is 10.6 Å². The summed E-state index contributed by atoms with van der Waals surface area (Å²) in [5.41, 5.74) is 2.72. The number of anilines is 1. The molecule has 0 atom stereocenters. The van der Waals surface area contributed by atoms with Crippen molar-refractivity contribution in [1.82, 2.24) is 14.8 Å². The van der Waals surface area contributed by atoms with E-state index in [9.17, 15) is 4.79 Å². The zero-order valence-corrected chi connectivity index (χ0v) is 19.9. The van der Waals surface area contributed by atoms with Crippen molar-refractivity contribution < 1.29 is 14.3 Å². The highest BCUT2D eigenvalue weighted by atomic mass is 32.1. The van der Waals surface area contributed by atoms with Gasteiger partial charge in [0, 0.05) is 24.2 Å². The first-order valence-electron chi connectivity index (χ1n) is 11.0. The second-order valence-corrected chi connectivity index (χ2v) is 8.09. The molecule has 1 amide bonds. The number of carbonyl (C=O) groups excluding carboxylic acids is 1. The lowest BCUT2D eigenvalue weighted by atomic mass is 10.2. The Morgan fingerprint density at radius 1 is 1.03 bits per heavy atom. The summed E-state index contributed by atoms with van der Waals surface area (Å²) in [5, 5.41) is 10.1. The molecular weight excluding hydrogens is 448 g/mol. The van der Waals surface area contributed by atoms with Crippen LogP contribution in [0.5, 0.6) is 17.2 Å². The number of hydrogen-bond acceptors (Lipinski definition) is 5. The number of aryl methyl sites for hydroxylation is 1. The van der Waals surface area contributed by atoms with Gasteiger partial charge in [0.2, 0.25) is 5.91 Å². The Labute approximate surface area is 203 Å². The average molecular weight is 475 g/mol. The molecule has 0 fully saturated rings. The van der Waals surface area contributed by atoms with Gasteiger partial charge in [0.1, 0.15) is 17.2 Å². The Kier molecular flexibility index (Phi) is 7.39. The van der Waals surface area contributed by atoms with E-state index >= 15 is 0 Å². The van der Waals surface area contributed by atoms with E-state index in [1.165, 1.54) is 0 Å². The fourth-order valence-corrected chi connectivity index (χ4v) is 3.69. The Balaban J connectivity index is 1.35. The van der Waals surface area contributed by atoms with Crippen LogP contribution in [0, 0.1) is 11.7 Å². The van der Waals surface area contributed by atoms with Crippen molar-refractivity contribution in [2.45, 2.75) is 26.8 Å². The summed E-state index contributed by atoms with van der Waals surface area (Å²) in [6.45, 7) is 4.97. The molecule has 174 valence electrons. The molecule has 8 heteroatoms. The van der Waals surface area contributed by atoms with Gasteiger partial charge in [-0.2, -0.15) is 5.10 Å². The van der Waals surface area contributed by atoms with Crippen LogP contribution in [0.2, 0.25) is 0 Å². The Bertz CT molecular complexity index is 1310. The molecule has 0 aliphatic heterocycles.